The van der Waals surface area contributed by atoms with Gasteiger partial charge >= 0.3 is 12.1 Å². The maximum absolute atomic E-state index is 12.1. The molecule has 1 atom stereocenters. The molecule has 5 amide bonds. The predicted molar refractivity (Wildman–Crippen MR) is 66.4 cm³/mol. The van der Waals surface area contributed by atoms with Crippen molar-refractivity contribution in [3.63, 3.8) is 0 Å². The average Bonchev–Trinajstić information content (AvgIpc) is 2.58. The number of likely N-dealkylation sites (tertiary alicyclic amines) is 1. The largest absolute Gasteiger partial charge is 0.335 e. The summed E-state index contributed by atoms with van der Waals surface area (Å²) in [6.45, 7) is 0.882. The topological polar surface area (TPSA) is 90.5 Å². The molecule has 19 heavy (non-hydrogen) atoms. The molecule has 2 saturated heterocycles. The normalized spacial score (nSPS) is 30.8. The Bertz CT molecular complexity index is 435. The lowest BCUT2D eigenvalue weighted by Crippen LogP contribution is -2.61. The summed E-state index contributed by atoms with van der Waals surface area (Å²) in [6.07, 6.45) is 4.51. The minimum atomic E-state index is -0.924. The number of urea groups is 2. The molecule has 104 valence electrons. The number of amides is 5. The Morgan fingerprint density at radius 3 is 2.68 bits per heavy atom. The molecule has 0 aromatic rings. The van der Waals surface area contributed by atoms with Crippen LogP contribution >= 0.6 is 0 Å². The third-order valence-corrected chi connectivity index (χ3v) is 4.23. The Balaban J connectivity index is 1.65. The molecule has 2 heterocycles. The number of nitrogens with one attached hydrogen (secondary N) is 3. The fourth-order valence-corrected chi connectivity index (χ4v) is 2.86. The summed E-state index contributed by atoms with van der Waals surface area (Å²) in [6, 6.07) is -0.318. The van der Waals surface area contributed by atoms with Gasteiger partial charge in [0.05, 0.1) is 6.54 Å². The minimum Gasteiger partial charge on any atom is -0.335 e. The van der Waals surface area contributed by atoms with Crippen LogP contribution in [0, 0.1) is 0 Å². The minimum absolute atomic E-state index is 0.127. The highest BCUT2D eigenvalue weighted by molar-refractivity contribution is 6.07. The molecule has 3 fully saturated rings. The Hall–Kier alpha value is -1.79. The van der Waals surface area contributed by atoms with E-state index in [9.17, 15) is 14.4 Å². The predicted octanol–water partition coefficient (Wildman–Crippen LogP) is -0.0775. The van der Waals surface area contributed by atoms with Crippen molar-refractivity contribution in [1.82, 2.24) is 20.9 Å². The highest BCUT2D eigenvalue weighted by Crippen LogP contribution is 2.25. The molecule has 3 rings (SSSR count). The number of piperidine rings is 1. The Morgan fingerprint density at radius 2 is 2.11 bits per heavy atom. The highest BCUT2D eigenvalue weighted by Gasteiger charge is 2.49. The van der Waals surface area contributed by atoms with Crippen LogP contribution in [0.15, 0.2) is 0 Å². The van der Waals surface area contributed by atoms with Gasteiger partial charge in [-0.3, -0.25) is 10.1 Å². The maximum Gasteiger partial charge on any atom is 0.322 e. The van der Waals surface area contributed by atoms with E-state index in [4.69, 9.17) is 0 Å². The molecule has 7 nitrogen and oxygen atoms in total. The van der Waals surface area contributed by atoms with Crippen LogP contribution < -0.4 is 16.0 Å². The van der Waals surface area contributed by atoms with E-state index < -0.39 is 11.6 Å². The van der Waals surface area contributed by atoms with E-state index in [2.05, 4.69) is 16.0 Å². The molecular formula is C12H18N4O3. The molecule has 0 aromatic carbocycles. The van der Waals surface area contributed by atoms with Gasteiger partial charge in [0.15, 0.2) is 0 Å². The van der Waals surface area contributed by atoms with Crippen molar-refractivity contribution in [3.05, 3.63) is 0 Å². The van der Waals surface area contributed by atoms with Crippen LogP contribution in [-0.2, 0) is 4.79 Å². The number of hydrogen-bond donors (Lipinski definition) is 3. The molecular weight excluding hydrogens is 248 g/mol. The first-order valence-corrected chi connectivity index (χ1v) is 6.78. The van der Waals surface area contributed by atoms with Crippen molar-refractivity contribution in [3.8, 4) is 0 Å². The van der Waals surface area contributed by atoms with Crippen LogP contribution in [-0.4, -0.2) is 47.5 Å². The highest BCUT2D eigenvalue weighted by atomic mass is 16.2. The molecule has 0 aromatic heterocycles. The van der Waals surface area contributed by atoms with E-state index in [1.807, 2.05) is 0 Å². The lowest BCUT2D eigenvalue weighted by molar-refractivity contribution is -0.125. The zero-order chi connectivity index (χ0) is 13.5. The summed E-state index contributed by atoms with van der Waals surface area (Å²) in [5, 5.41) is 7.88. The Morgan fingerprint density at radius 1 is 1.32 bits per heavy atom. The van der Waals surface area contributed by atoms with Crippen LogP contribution in [0.1, 0.15) is 32.1 Å². The first-order valence-electron chi connectivity index (χ1n) is 6.78. The van der Waals surface area contributed by atoms with Crippen LogP contribution in [0.2, 0.25) is 0 Å². The number of nitrogens with zero attached hydrogens (tertiary/aromatic N) is 1. The number of carbonyl (C=O) groups excluding carboxylic acids is 3. The fourth-order valence-electron chi connectivity index (χ4n) is 2.86. The quantitative estimate of drug-likeness (QED) is 0.580. The van der Waals surface area contributed by atoms with Gasteiger partial charge in [-0.2, -0.15) is 0 Å². The van der Waals surface area contributed by atoms with Gasteiger partial charge in [0.25, 0.3) is 5.91 Å². The zero-order valence-electron chi connectivity index (χ0n) is 10.7. The van der Waals surface area contributed by atoms with Gasteiger partial charge < -0.3 is 15.5 Å². The first kappa shape index (κ1) is 12.3. The van der Waals surface area contributed by atoms with Gasteiger partial charge in [0.1, 0.15) is 5.54 Å². The van der Waals surface area contributed by atoms with E-state index in [0.29, 0.717) is 19.4 Å². The summed E-state index contributed by atoms with van der Waals surface area (Å²) in [5.41, 5.74) is -0.924. The van der Waals surface area contributed by atoms with Crippen molar-refractivity contribution in [2.24, 2.45) is 0 Å². The molecule has 2 aliphatic heterocycles. The van der Waals surface area contributed by atoms with Crippen LogP contribution in [0.4, 0.5) is 9.59 Å². The summed E-state index contributed by atoms with van der Waals surface area (Å²) in [4.78, 5) is 36.9. The molecule has 7 heteroatoms. The van der Waals surface area contributed by atoms with Gasteiger partial charge in [-0.1, -0.05) is 0 Å². The van der Waals surface area contributed by atoms with Crippen LogP contribution in [0.25, 0.3) is 0 Å². The second-order valence-corrected chi connectivity index (χ2v) is 5.59. The fraction of sp³-hybridized carbons (Fsp3) is 0.750. The number of imide groups is 1. The monoisotopic (exact) mass is 266 g/mol. The van der Waals surface area contributed by atoms with E-state index >= 15 is 0 Å². The molecule has 3 aliphatic rings. The van der Waals surface area contributed by atoms with Crippen molar-refractivity contribution >= 4 is 18.0 Å². The standard InChI is InChI=1S/C12H18N4O3/c17-9-12(15-10(18)14-9)5-2-6-16(7-12)11(19)13-8-3-1-4-8/h8H,1-7H2,(H,13,19)(H2,14,15,17,18). The van der Waals surface area contributed by atoms with Crippen LogP contribution in [0.3, 0.4) is 0 Å². The smallest absolute Gasteiger partial charge is 0.322 e. The van der Waals surface area contributed by atoms with Gasteiger partial charge in [-0.25, -0.2) is 9.59 Å². The van der Waals surface area contributed by atoms with Crippen molar-refractivity contribution in [1.29, 1.82) is 0 Å². The average molecular weight is 266 g/mol. The molecule has 1 unspecified atom stereocenters. The van der Waals surface area contributed by atoms with Crippen LogP contribution in [0.5, 0.6) is 0 Å². The van der Waals surface area contributed by atoms with E-state index in [-0.39, 0.29) is 24.5 Å². The number of rotatable bonds is 1. The third kappa shape index (κ3) is 2.13. The van der Waals surface area contributed by atoms with E-state index in [0.717, 1.165) is 19.3 Å². The molecule has 1 aliphatic carbocycles. The van der Waals surface area contributed by atoms with Gasteiger partial charge in [-0.15, -0.1) is 0 Å². The SMILES string of the molecule is O=C1NC(=O)C2(CCCN(C(=O)NC3CCC3)C2)N1. The van der Waals surface area contributed by atoms with Gasteiger partial charge in [0.2, 0.25) is 0 Å². The summed E-state index contributed by atoms with van der Waals surface area (Å²) in [7, 11) is 0. The van der Waals surface area contributed by atoms with Gasteiger partial charge in [-0.05, 0) is 32.1 Å². The van der Waals surface area contributed by atoms with Crippen molar-refractivity contribution < 1.29 is 14.4 Å². The molecule has 0 radical (unpaired) electrons. The van der Waals surface area contributed by atoms with Gasteiger partial charge in [0, 0.05) is 12.6 Å². The lowest BCUT2D eigenvalue weighted by Gasteiger charge is -2.39. The number of hydrogen-bond acceptors (Lipinski definition) is 3. The summed E-state index contributed by atoms with van der Waals surface area (Å²) < 4.78 is 0. The van der Waals surface area contributed by atoms with E-state index in [1.54, 1.807) is 4.90 Å². The number of carbonyl (C=O) groups is 3. The third-order valence-electron chi connectivity index (χ3n) is 4.23. The van der Waals surface area contributed by atoms with Crippen molar-refractivity contribution in [2.75, 3.05) is 13.1 Å². The lowest BCUT2D eigenvalue weighted by atomic mass is 9.89. The molecule has 3 N–H and O–H groups in total. The molecule has 0 bridgehead atoms. The van der Waals surface area contributed by atoms with Crippen molar-refractivity contribution in [2.45, 2.75) is 43.7 Å². The summed E-state index contributed by atoms with van der Waals surface area (Å²) >= 11 is 0. The second-order valence-electron chi connectivity index (χ2n) is 5.59. The molecule has 1 saturated carbocycles. The second kappa shape index (κ2) is 4.40. The zero-order valence-corrected chi connectivity index (χ0v) is 10.7. The van der Waals surface area contributed by atoms with E-state index in [1.165, 1.54) is 0 Å². The maximum atomic E-state index is 12.1. The Kier molecular flexibility index (Phi) is 2.83. The molecule has 1 spiro atoms. The first-order chi connectivity index (χ1) is 9.09. The summed E-state index contributed by atoms with van der Waals surface area (Å²) in [5.74, 6) is -0.321. The Labute approximate surface area is 111 Å².